The van der Waals surface area contributed by atoms with Gasteiger partial charge in [-0.15, -0.1) is 0 Å². The molecule has 21 heavy (non-hydrogen) atoms. The third-order valence-electron chi connectivity index (χ3n) is 3.35. The second kappa shape index (κ2) is 6.41. The molecule has 1 heterocycles. The van der Waals surface area contributed by atoms with Gasteiger partial charge in [0.2, 0.25) is 10.0 Å². The van der Waals surface area contributed by atoms with E-state index in [4.69, 9.17) is 0 Å². The molecule has 1 aromatic carbocycles. The summed E-state index contributed by atoms with van der Waals surface area (Å²) < 4.78 is 27.0. The van der Waals surface area contributed by atoms with E-state index in [1.807, 2.05) is 38.1 Å². The molecule has 1 N–H and O–H groups in total. The van der Waals surface area contributed by atoms with E-state index in [1.165, 1.54) is 10.5 Å². The van der Waals surface area contributed by atoms with E-state index in [0.717, 1.165) is 17.5 Å². The van der Waals surface area contributed by atoms with Crippen molar-refractivity contribution >= 4 is 10.0 Å². The molecule has 5 nitrogen and oxygen atoms in total. The van der Waals surface area contributed by atoms with Crippen LogP contribution >= 0.6 is 0 Å². The topological polar surface area (TPSA) is 66.1 Å². The number of hydrogen-bond donors (Lipinski definition) is 1. The van der Waals surface area contributed by atoms with Crippen molar-refractivity contribution in [3.63, 3.8) is 0 Å². The number of hydrogen-bond acceptors (Lipinski definition) is 3. The van der Waals surface area contributed by atoms with E-state index >= 15 is 0 Å². The standard InChI is InChI=1S/C15H21N3O2S/c1-4-9-18(11-14-7-5-12(2)6-8-14)21(19,20)15-10-16-17-13(15)3/h5-8,10H,4,9,11H2,1-3H3,(H,16,17). The molecule has 2 aromatic rings. The van der Waals surface area contributed by atoms with Crippen LogP contribution in [-0.4, -0.2) is 29.5 Å². The zero-order chi connectivity index (χ0) is 15.5. The van der Waals surface area contributed by atoms with E-state index in [-0.39, 0.29) is 4.90 Å². The first kappa shape index (κ1) is 15.7. The van der Waals surface area contributed by atoms with Gasteiger partial charge in [0.1, 0.15) is 4.90 Å². The van der Waals surface area contributed by atoms with Gasteiger partial charge in [0.05, 0.1) is 11.9 Å². The Hall–Kier alpha value is -1.66. The van der Waals surface area contributed by atoms with Gasteiger partial charge in [0.25, 0.3) is 0 Å². The molecule has 0 aliphatic rings. The smallest absolute Gasteiger partial charge is 0.246 e. The van der Waals surface area contributed by atoms with Crippen LogP contribution < -0.4 is 0 Å². The van der Waals surface area contributed by atoms with Crippen LogP contribution in [0.1, 0.15) is 30.2 Å². The van der Waals surface area contributed by atoms with E-state index in [2.05, 4.69) is 10.2 Å². The number of aromatic nitrogens is 2. The van der Waals surface area contributed by atoms with Crippen molar-refractivity contribution in [2.45, 2.75) is 38.6 Å². The largest absolute Gasteiger partial charge is 0.281 e. The molecule has 0 aliphatic carbocycles. The van der Waals surface area contributed by atoms with Crippen LogP contribution in [0.15, 0.2) is 35.4 Å². The predicted octanol–water partition coefficient (Wildman–Crippen LogP) is 2.63. The zero-order valence-corrected chi connectivity index (χ0v) is 13.4. The third kappa shape index (κ3) is 3.51. The molecule has 0 spiro atoms. The maximum Gasteiger partial charge on any atom is 0.246 e. The highest BCUT2D eigenvalue weighted by Crippen LogP contribution is 2.20. The first-order valence-electron chi connectivity index (χ1n) is 7.00. The van der Waals surface area contributed by atoms with Crippen molar-refractivity contribution in [2.24, 2.45) is 0 Å². The summed E-state index contributed by atoms with van der Waals surface area (Å²) in [6.45, 7) is 6.57. The summed E-state index contributed by atoms with van der Waals surface area (Å²) in [5.41, 5.74) is 2.72. The lowest BCUT2D eigenvalue weighted by atomic mass is 10.1. The Balaban J connectivity index is 2.30. The Kier molecular flexibility index (Phi) is 4.80. The molecule has 0 radical (unpaired) electrons. The molecule has 0 fully saturated rings. The number of sulfonamides is 1. The van der Waals surface area contributed by atoms with Gasteiger partial charge < -0.3 is 0 Å². The molecule has 0 aliphatic heterocycles. The van der Waals surface area contributed by atoms with Crippen LogP contribution in [0.4, 0.5) is 0 Å². The maximum absolute atomic E-state index is 12.7. The van der Waals surface area contributed by atoms with Crippen LogP contribution in [-0.2, 0) is 16.6 Å². The summed E-state index contributed by atoms with van der Waals surface area (Å²) in [6.07, 6.45) is 2.14. The summed E-state index contributed by atoms with van der Waals surface area (Å²) in [6, 6.07) is 7.93. The van der Waals surface area contributed by atoms with Crippen molar-refractivity contribution < 1.29 is 8.42 Å². The lowest BCUT2D eigenvalue weighted by Crippen LogP contribution is -2.31. The van der Waals surface area contributed by atoms with Crippen LogP contribution in [0.25, 0.3) is 0 Å². The zero-order valence-electron chi connectivity index (χ0n) is 12.6. The molecule has 0 unspecified atom stereocenters. The number of aryl methyl sites for hydroxylation is 2. The van der Waals surface area contributed by atoms with Gasteiger partial charge in [-0.2, -0.15) is 9.40 Å². The predicted molar refractivity (Wildman–Crippen MR) is 82.4 cm³/mol. The average molecular weight is 307 g/mol. The first-order valence-corrected chi connectivity index (χ1v) is 8.45. The van der Waals surface area contributed by atoms with Crippen LogP contribution in [0.2, 0.25) is 0 Å². The number of nitrogens with one attached hydrogen (secondary N) is 1. The lowest BCUT2D eigenvalue weighted by molar-refractivity contribution is 0.405. The monoisotopic (exact) mass is 307 g/mol. The number of aromatic amines is 1. The van der Waals surface area contributed by atoms with Crippen molar-refractivity contribution in [3.05, 3.63) is 47.3 Å². The molecule has 0 atom stereocenters. The third-order valence-corrected chi connectivity index (χ3v) is 5.31. The van der Waals surface area contributed by atoms with Crippen molar-refractivity contribution in [1.29, 1.82) is 0 Å². The molecule has 0 bridgehead atoms. The number of H-pyrrole nitrogens is 1. The van der Waals surface area contributed by atoms with E-state index in [0.29, 0.717) is 18.8 Å². The highest BCUT2D eigenvalue weighted by molar-refractivity contribution is 7.89. The quantitative estimate of drug-likeness (QED) is 0.892. The van der Waals surface area contributed by atoms with Gasteiger partial charge in [-0.3, -0.25) is 5.10 Å². The summed E-state index contributed by atoms with van der Waals surface area (Å²) in [5.74, 6) is 0. The number of rotatable bonds is 6. The van der Waals surface area contributed by atoms with E-state index in [1.54, 1.807) is 6.92 Å². The van der Waals surface area contributed by atoms with E-state index < -0.39 is 10.0 Å². The minimum atomic E-state index is -3.52. The molecule has 114 valence electrons. The lowest BCUT2D eigenvalue weighted by Gasteiger charge is -2.21. The van der Waals surface area contributed by atoms with Gasteiger partial charge in [-0.05, 0) is 25.8 Å². The highest BCUT2D eigenvalue weighted by Gasteiger charge is 2.26. The molecular formula is C15H21N3O2S. The van der Waals surface area contributed by atoms with Crippen molar-refractivity contribution in [3.8, 4) is 0 Å². The number of benzene rings is 1. The molecule has 6 heteroatoms. The summed E-state index contributed by atoms with van der Waals surface area (Å²) >= 11 is 0. The second-order valence-corrected chi connectivity index (χ2v) is 7.09. The number of nitrogens with zero attached hydrogens (tertiary/aromatic N) is 2. The van der Waals surface area contributed by atoms with Gasteiger partial charge in [0, 0.05) is 13.1 Å². The molecule has 0 amide bonds. The Morgan fingerprint density at radius 2 is 1.86 bits per heavy atom. The summed E-state index contributed by atoms with van der Waals surface area (Å²) in [5, 5.41) is 6.51. The van der Waals surface area contributed by atoms with Crippen molar-refractivity contribution in [2.75, 3.05) is 6.54 Å². The molecule has 1 aromatic heterocycles. The minimum absolute atomic E-state index is 0.253. The average Bonchev–Trinajstić information content (AvgIpc) is 2.87. The summed E-state index contributed by atoms with van der Waals surface area (Å²) in [7, 11) is -3.52. The minimum Gasteiger partial charge on any atom is -0.281 e. The Labute approximate surface area is 126 Å². The molecular weight excluding hydrogens is 286 g/mol. The first-order chi connectivity index (χ1) is 9.95. The second-order valence-electron chi connectivity index (χ2n) is 5.18. The van der Waals surface area contributed by atoms with Gasteiger partial charge in [-0.1, -0.05) is 36.8 Å². The van der Waals surface area contributed by atoms with Crippen LogP contribution in [0.3, 0.4) is 0 Å². The fourth-order valence-corrected chi connectivity index (χ4v) is 3.81. The Bertz CT molecular complexity index is 690. The van der Waals surface area contributed by atoms with Crippen molar-refractivity contribution in [1.82, 2.24) is 14.5 Å². The molecule has 0 saturated heterocycles. The Morgan fingerprint density at radius 3 is 2.38 bits per heavy atom. The Morgan fingerprint density at radius 1 is 1.19 bits per heavy atom. The van der Waals surface area contributed by atoms with Gasteiger partial charge in [0.15, 0.2) is 0 Å². The summed E-state index contributed by atoms with van der Waals surface area (Å²) in [4.78, 5) is 0.253. The maximum atomic E-state index is 12.7. The molecule has 0 saturated carbocycles. The van der Waals surface area contributed by atoms with E-state index in [9.17, 15) is 8.42 Å². The molecule has 2 rings (SSSR count). The van der Waals surface area contributed by atoms with Crippen LogP contribution in [0.5, 0.6) is 0 Å². The highest BCUT2D eigenvalue weighted by atomic mass is 32.2. The SMILES string of the molecule is CCCN(Cc1ccc(C)cc1)S(=O)(=O)c1cn[nH]c1C. The van der Waals surface area contributed by atoms with Crippen LogP contribution in [0, 0.1) is 13.8 Å². The fourth-order valence-electron chi connectivity index (χ4n) is 2.17. The van der Waals surface area contributed by atoms with Gasteiger partial charge in [-0.25, -0.2) is 8.42 Å². The fraction of sp³-hybridized carbons (Fsp3) is 0.400. The van der Waals surface area contributed by atoms with Gasteiger partial charge >= 0.3 is 0 Å². The normalized spacial score (nSPS) is 12.0.